The molecule has 0 unspecified atom stereocenters. The molecule has 0 aliphatic heterocycles. The molecule has 0 heterocycles. The molecule has 184 valence electrons. The van der Waals surface area contributed by atoms with Crippen LogP contribution in [0.1, 0.15) is 75.8 Å². The van der Waals surface area contributed by atoms with Crippen LogP contribution in [0.5, 0.6) is 0 Å². The summed E-state index contributed by atoms with van der Waals surface area (Å²) in [5, 5.41) is 0. The minimum absolute atomic E-state index is 0.149. The van der Waals surface area contributed by atoms with Crippen molar-refractivity contribution in [3.8, 4) is 22.3 Å². The third kappa shape index (κ3) is 5.89. The second-order valence-electron chi connectivity index (χ2n) is 9.83. The zero-order valence-electron chi connectivity index (χ0n) is 20.8. The number of rotatable bonds is 8. The van der Waals surface area contributed by atoms with E-state index in [4.69, 9.17) is 0 Å². The van der Waals surface area contributed by atoms with E-state index in [0.29, 0.717) is 17.5 Å². The maximum Gasteiger partial charge on any atom is 0.166 e. The molecule has 0 amide bonds. The summed E-state index contributed by atoms with van der Waals surface area (Å²) in [4.78, 5) is 0. The first-order valence-corrected chi connectivity index (χ1v) is 13.0. The first kappa shape index (κ1) is 25.3. The van der Waals surface area contributed by atoms with Crippen molar-refractivity contribution in [1.82, 2.24) is 0 Å². The predicted octanol–water partition coefficient (Wildman–Crippen LogP) is 10.0. The molecule has 1 fully saturated rings. The van der Waals surface area contributed by atoms with E-state index >= 15 is 4.39 Å². The Balaban J connectivity index is 1.45. The predicted molar refractivity (Wildman–Crippen MR) is 140 cm³/mol. The van der Waals surface area contributed by atoms with Gasteiger partial charge in [-0.15, -0.1) is 0 Å². The Bertz CT molecular complexity index is 1150. The topological polar surface area (TPSA) is 0 Å². The molecule has 3 aromatic carbocycles. The van der Waals surface area contributed by atoms with Crippen LogP contribution >= 0.6 is 0 Å². The maximum atomic E-state index is 15.1. The minimum Gasteiger partial charge on any atom is -0.207 e. The lowest BCUT2D eigenvalue weighted by Gasteiger charge is -2.29. The van der Waals surface area contributed by atoms with E-state index in [0.717, 1.165) is 48.3 Å². The summed E-state index contributed by atoms with van der Waals surface area (Å²) in [6.07, 6.45) is 12.4. The second kappa shape index (κ2) is 11.7. The number of hydrogen-bond acceptors (Lipinski definition) is 0. The van der Waals surface area contributed by atoms with E-state index in [9.17, 15) is 8.78 Å². The van der Waals surface area contributed by atoms with Gasteiger partial charge < -0.3 is 0 Å². The third-order valence-electron chi connectivity index (χ3n) is 7.48. The summed E-state index contributed by atoms with van der Waals surface area (Å²) in [5.74, 6) is -0.681. The molecule has 35 heavy (non-hydrogen) atoms. The van der Waals surface area contributed by atoms with Crippen molar-refractivity contribution >= 4 is 0 Å². The Morgan fingerprint density at radius 3 is 2.14 bits per heavy atom. The maximum absolute atomic E-state index is 15.1. The largest absolute Gasteiger partial charge is 0.207 e. The van der Waals surface area contributed by atoms with Crippen molar-refractivity contribution in [3.63, 3.8) is 0 Å². The van der Waals surface area contributed by atoms with Gasteiger partial charge in [0.25, 0.3) is 0 Å². The van der Waals surface area contributed by atoms with Gasteiger partial charge in [-0.05, 0) is 97.6 Å². The normalized spacial score (nSPS) is 18.3. The van der Waals surface area contributed by atoms with Gasteiger partial charge in [0, 0.05) is 5.56 Å². The molecule has 1 saturated carbocycles. The van der Waals surface area contributed by atoms with Crippen LogP contribution in [0, 0.1) is 23.4 Å². The lowest BCUT2D eigenvalue weighted by atomic mass is 9.77. The standard InChI is InChI=1S/C32H35F3/c1-3-5-6-8-22-9-11-24(12-10-22)28-19-18-27(21-30(28)33)23-13-15-25(16-14-23)29-20-17-26(7-4-2)31(34)32(29)35/h3,5,13-22,24H,4,6-12H2,1-2H3/b5-3+. The lowest BCUT2D eigenvalue weighted by molar-refractivity contribution is 0.308. The number of halogens is 3. The molecule has 1 aliphatic carbocycles. The van der Waals surface area contributed by atoms with E-state index in [2.05, 4.69) is 19.1 Å². The third-order valence-corrected chi connectivity index (χ3v) is 7.48. The van der Waals surface area contributed by atoms with E-state index in [-0.39, 0.29) is 17.3 Å². The molecule has 0 nitrogen and oxygen atoms in total. The van der Waals surface area contributed by atoms with Crippen LogP contribution in [0.25, 0.3) is 22.3 Å². The van der Waals surface area contributed by atoms with Gasteiger partial charge in [-0.2, -0.15) is 0 Å². The second-order valence-corrected chi connectivity index (χ2v) is 9.83. The van der Waals surface area contributed by atoms with E-state index in [1.54, 1.807) is 30.3 Å². The van der Waals surface area contributed by atoms with Crippen LogP contribution < -0.4 is 0 Å². The molecule has 0 saturated heterocycles. The fourth-order valence-corrected chi connectivity index (χ4v) is 5.42. The zero-order valence-corrected chi connectivity index (χ0v) is 20.8. The van der Waals surface area contributed by atoms with E-state index < -0.39 is 11.6 Å². The Hall–Kier alpha value is -2.81. The van der Waals surface area contributed by atoms with Crippen molar-refractivity contribution in [3.05, 3.63) is 95.3 Å². The van der Waals surface area contributed by atoms with E-state index in [1.807, 2.05) is 31.2 Å². The van der Waals surface area contributed by atoms with Gasteiger partial charge in [0.2, 0.25) is 0 Å². The van der Waals surface area contributed by atoms with Crippen molar-refractivity contribution < 1.29 is 13.2 Å². The van der Waals surface area contributed by atoms with E-state index in [1.165, 1.54) is 19.3 Å². The highest BCUT2D eigenvalue weighted by Gasteiger charge is 2.24. The van der Waals surface area contributed by atoms with Crippen LogP contribution in [-0.4, -0.2) is 0 Å². The van der Waals surface area contributed by atoms with Crippen molar-refractivity contribution in [2.24, 2.45) is 5.92 Å². The highest BCUT2D eigenvalue weighted by Crippen LogP contribution is 2.39. The molecule has 0 bridgehead atoms. The monoisotopic (exact) mass is 476 g/mol. The summed E-state index contributed by atoms with van der Waals surface area (Å²) >= 11 is 0. The molecular formula is C32H35F3. The van der Waals surface area contributed by atoms with Crippen molar-refractivity contribution in [2.75, 3.05) is 0 Å². The number of allylic oxidation sites excluding steroid dienone is 2. The van der Waals surface area contributed by atoms with Crippen LogP contribution in [-0.2, 0) is 6.42 Å². The minimum atomic E-state index is -0.810. The van der Waals surface area contributed by atoms with Gasteiger partial charge in [-0.1, -0.05) is 74.0 Å². The van der Waals surface area contributed by atoms with Crippen LogP contribution in [0.4, 0.5) is 13.2 Å². The quantitative estimate of drug-likeness (QED) is 0.284. The summed E-state index contributed by atoms with van der Waals surface area (Å²) in [7, 11) is 0. The first-order chi connectivity index (χ1) is 17.0. The molecule has 3 aromatic rings. The van der Waals surface area contributed by atoms with Crippen molar-refractivity contribution in [2.45, 2.75) is 71.1 Å². The van der Waals surface area contributed by atoms with Gasteiger partial charge >= 0.3 is 0 Å². The fraction of sp³-hybridized carbons (Fsp3) is 0.375. The van der Waals surface area contributed by atoms with Crippen LogP contribution in [0.3, 0.4) is 0 Å². The average Bonchev–Trinajstić information content (AvgIpc) is 2.88. The number of benzene rings is 3. The highest BCUT2D eigenvalue weighted by molar-refractivity contribution is 5.71. The Labute approximate surface area is 207 Å². The number of hydrogen-bond donors (Lipinski definition) is 0. The first-order valence-electron chi connectivity index (χ1n) is 13.0. The summed E-state index contributed by atoms with van der Waals surface area (Å²) in [6, 6.07) is 16.1. The highest BCUT2D eigenvalue weighted by atomic mass is 19.2. The van der Waals surface area contributed by atoms with Gasteiger partial charge in [0.05, 0.1) is 0 Å². The van der Waals surface area contributed by atoms with Crippen LogP contribution in [0.15, 0.2) is 66.7 Å². The Morgan fingerprint density at radius 2 is 1.49 bits per heavy atom. The zero-order chi connectivity index (χ0) is 24.8. The van der Waals surface area contributed by atoms with Crippen LogP contribution in [0.2, 0.25) is 0 Å². The molecule has 0 N–H and O–H groups in total. The van der Waals surface area contributed by atoms with Crippen molar-refractivity contribution in [1.29, 1.82) is 0 Å². The smallest absolute Gasteiger partial charge is 0.166 e. The Morgan fingerprint density at radius 1 is 0.800 bits per heavy atom. The molecule has 3 heteroatoms. The molecule has 1 aliphatic rings. The fourth-order valence-electron chi connectivity index (χ4n) is 5.42. The summed E-state index contributed by atoms with van der Waals surface area (Å²) < 4.78 is 44.1. The van der Waals surface area contributed by atoms with Gasteiger partial charge in [0.15, 0.2) is 11.6 Å². The molecule has 0 spiro atoms. The Kier molecular flexibility index (Phi) is 8.49. The average molecular weight is 477 g/mol. The molecule has 0 atom stereocenters. The number of aryl methyl sites for hydroxylation is 1. The molecule has 0 aromatic heterocycles. The molecule has 0 radical (unpaired) electrons. The lowest BCUT2D eigenvalue weighted by Crippen LogP contribution is -2.14. The van der Waals surface area contributed by atoms with Gasteiger partial charge in [-0.25, -0.2) is 13.2 Å². The molecular weight excluding hydrogens is 441 g/mol. The summed E-state index contributed by atoms with van der Waals surface area (Å²) in [6.45, 7) is 4.00. The van der Waals surface area contributed by atoms with Gasteiger partial charge in [-0.3, -0.25) is 0 Å². The molecule has 4 rings (SSSR count). The van der Waals surface area contributed by atoms with Gasteiger partial charge in [0.1, 0.15) is 5.82 Å². The SMILES string of the molecule is C/C=C/CCC1CCC(c2ccc(-c3ccc(-c4ccc(CCC)c(F)c4F)cc3)cc2F)CC1. The summed E-state index contributed by atoms with van der Waals surface area (Å²) in [5.41, 5.74) is 3.73.